The van der Waals surface area contributed by atoms with Crippen LogP contribution in [0.3, 0.4) is 0 Å². The minimum Gasteiger partial charge on any atom is -0.310 e. The van der Waals surface area contributed by atoms with E-state index in [4.69, 9.17) is 0 Å². The standard InChI is InChI=1S/C11H20N4/c1-8-6-14(11(3,4)5)7-10-13-12-9(2)15(8)10/h8H,6-7H2,1-5H3. The van der Waals surface area contributed by atoms with Gasteiger partial charge in [-0.2, -0.15) is 0 Å². The lowest BCUT2D eigenvalue weighted by Crippen LogP contribution is -2.47. The van der Waals surface area contributed by atoms with Crippen molar-refractivity contribution >= 4 is 0 Å². The Balaban J connectivity index is 2.31. The molecule has 1 aliphatic rings. The van der Waals surface area contributed by atoms with Crippen LogP contribution in [0, 0.1) is 6.92 Å². The van der Waals surface area contributed by atoms with Gasteiger partial charge in [-0.05, 0) is 34.6 Å². The van der Waals surface area contributed by atoms with Crippen LogP contribution >= 0.6 is 0 Å². The molecule has 0 fully saturated rings. The highest BCUT2D eigenvalue weighted by molar-refractivity contribution is 5.02. The first-order chi connectivity index (χ1) is 6.89. The van der Waals surface area contributed by atoms with E-state index in [1.807, 2.05) is 6.92 Å². The Kier molecular flexibility index (Phi) is 2.34. The van der Waals surface area contributed by atoms with Crippen LogP contribution in [-0.2, 0) is 6.54 Å². The quantitative estimate of drug-likeness (QED) is 0.651. The fourth-order valence-electron chi connectivity index (χ4n) is 2.24. The van der Waals surface area contributed by atoms with Crippen molar-refractivity contribution in [1.29, 1.82) is 0 Å². The van der Waals surface area contributed by atoms with E-state index in [2.05, 4.69) is 47.4 Å². The molecule has 84 valence electrons. The fourth-order valence-corrected chi connectivity index (χ4v) is 2.24. The highest BCUT2D eigenvalue weighted by Crippen LogP contribution is 2.26. The topological polar surface area (TPSA) is 34.0 Å². The molecule has 0 radical (unpaired) electrons. The molecule has 1 aliphatic heterocycles. The third-order valence-corrected chi connectivity index (χ3v) is 3.14. The predicted molar refractivity (Wildman–Crippen MR) is 59.6 cm³/mol. The number of rotatable bonds is 0. The van der Waals surface area contributed by atoms with Gasteiger partial charge in [0.2, 0.25) is 0 Å². The van der Waals surface area contributed by atoms with Gasteiger partial charge in [0, 0.05) is 18.1 Å². The molecule has 2 heterocycles. The Bertz CT molecular complexity index is 361. The summed E-state index contributed by atoms with van der Waals surface area (Å²) in [5.74, 6) is 2.13. The normalized spacial score (nSPS) is 22.9. The van der Waals surface area contributed by atoms with Crippen LogP contribution in [0.5, 0.6) is 0 Å². The van der Waals surface area contributed by atoms with Crippen molar-refractivity contribution in [2.75, 3.05) is 6.54 Å². The summed E-state index contributed by atoms with van der Waals surface area (Å²) in [6.45, 7) is 13.0. The summed E-state index contributed by atoms with van der Waals surface area (Å²) in [6.07, 6.45) is 0. The van der Waals surface area contributed by atoms with Crippen LogP contribution < -0.4 is 0 Å². The van der Waals surface area contributed by atoms with E-state index in [0.29, 0.717) is 6.04 Å². The average molecular weight is 208 g/mol. The van der Waals surface area contributed by atoms with Crippen LogP contribution in [0.1, 0.15) is 45.4 Å². The summed E-state index contributed by atoms with van der Waals surface area (Å²) in [5, 5.41) is 8.39. The van der Waals surface area contributed by atoms with Crippen molar-refractivity contribution < 1.29 is 0 Å². The molecule has 4 heteroatoms. The third-order valence-electron chi connectivity index (χ3n) is 3.14. The molecule has 0 aromatic carbocycles. The van der Waals surface area contributed by atoms with E-state index in [-0.39, 0.29) is 5.54 Å². The minimum absolute atomic E-state index is 0.208. The van der Waals surface area contributed by atoms with Gasteiger partial charge < -0.3 is 4.57 Å². The first kappa shape index (κ1) is 10.6. The van der Waals surface area contributed by atoms with Crippen molar-refractivity contribution in [1.82, 2.24) is 19.7 Å². The Hall–Kier alpha value is -0.900. The molecule has 0 saturated heterocycles. The molecule has 1 aromatic rings. The Labute approximate surface area is 91.3 Å². The second-order valence-corrected chi connectivity index (χ2v) is 5.43. The molecule has 0 bridgehead atoms. The van der Waals surface area contributed by atoms with Crippen LogP contribution in [-0.4, -0.2) is 31.7 Å². The molecule has 1 unspecified atom stereocenters. The van der Waals surface area contributed by atoms with Gasteiger partial charge in [0.15, 0.2) is 0 Å². The molecule has 0 saturated carbocycles. The number of aromatic nitrogens is 3. The maximum absolute atomic E-state index is 4.24. The highest BCUT2D eigenvalue weighted by Gasteiger charge is 2.31. The maximum Gasteiger partial charge on any atom is 0.147 e. The lowest BCUT2D eigenvalue weighted by atomic mass is 10.0. The smallest absolute Gasteiger partial charge is 0.147 e. The first-order valence-corrected chi connectivity index (χ1v) is 5.55. The van der Waals surface area contributed by atoms with Gasteiger partial charge in [-0.3, -0.25) is 4.90 Å². The Morgan fingerprint density at radius 1 is 1.27 bits per heavy atom. The molecule has 0 aliphatic carbocycles. The average Bonchev–Trinajstić information content (AvgIpc) is 2.46. The van der Waals surface area contributed by atoms with Crippen molar-refractivity contribution in [3.63, 3.8) is 0 Å². The van der Waals surface area contributed by atoms with E-state index in [1.54, 1.807) is 0 Å². The van der Waals surface area contributed by atoms with E-state index in [1.165, 1.54) is 0 Å². The summed E-state index contributed by atoms with van der Waals surface area (Å²) >= 11 is 0. The summed E-state index contributed by atoms with van der Waals surface area (Å²) in [4.78, 5) is 2.46. The van der Waals surface area contributed by atoms with Crippen molar-refractivity contribution in [2.24, 2.45) is 0 Å². The molecular weight excluding hydrogens is 188 g/mol. The van der Waals surface area contributed by atoms with Gasteiger partial charge in [-0.15, -0.1) is 10.2 Å². The second-order valence-electron chi connectivity index (χ2n) is 5.43. The van der Waals surface area contributed by atoms with E-state index >= 15 is 0 Å². The number of hydrogen-bond donors (Lipinski definition) is 0. The number of nitrogens with zero attached hydrogens (tertiary/aromatic N) is 4. The zero-order valence-corrected chi connectivity index (χ0v) is 10.3. The van der Waals surface area contributed by atoms with Crippen molar-refractivity contribution in [2.45, 2.75) is 52.7 Å². The Morgan fingerprint density at radius 2 is 1.93 bits per heavy atom. The number of hydrogen-bond acceptors (Lipinski definition) is 3. The van der Waals surface area contributed by atoms with Gasteiger partial charge >= 0.3 is 0 Å². The largest absolute Gasteiger partial charge is 0.310 e. The zero-order chi connectivity index (χ0) is 11.2. The van der Waals surface area contributed by atoms with Crippen molar-refractivity contribution in [3.05, 3.63) is 11.6 Å². The molecule has 0 amide bonds. The third kappa shape index (κ3) is 1.78. The Morgan fingerprint density at radius 3 is 2.53 bits per heavy atom. The van der Waals surface area contributed by atoms with Crippen LogP contribution in [0.25, 0.3) is 0 Å². The second kappa shape index (κ2) is 3.30. The summed E-state index contributed by atoms with van der Waals surface area (Å²) in [6, 6.07) is 0.475. The molecule has 4 nitrogen and oxygen atoms in total. The summed E-state index contributed by atoms with van der Waals surface area (Å²) in [7, 11) is 0. The summed E-state index contributed by atoms with van der Waals surface area (Å²) < 4.78 is 2.25. The first-order valence-electron chi connectivity index (χ1n) is 5.55. The molecule has 0 spiro atoms. The van der Waals surface area contributed by atoms with Crippen LogP contribution in [0.15, 0.2) is 0 Å². The van der Waals surface area contributed by atoms with Gasteiger partial charge in [0.05, 0.1) is 6.54 Å². The van der Waals surface area contributed by atoms with E-state index in [9.17, 15) is 0 Å². The maximum atomic E-state index is 4.24. The minimum atomic E-state index is 0.208. The van der Waals surface area contributed by atoms with Crippen LogP contribution in [0.2, 0.25) is 0 Å². The van der Waals surface area contributed by atoms with Gasteiger partial charge in [-0.1, -0.05) is 0 Å². The van der Waals surface area contributed by atoms with Gasteiger partial charge in [0.25, 0.3) is 0 Å². The monoisotopic (exact) mass is 208 g/mol. The molecule has 15 heavy (non-hydrogen) atoms. The summed E-state index contributed by atoms with van der Waals surface area (Å²) in [5.41, 5.74) is 0.208. The molecule has 1 atom stereocenters. The molecule has 2 rings (SSSR count). The fraction of sp³-hybridized carbons (Fsp3) is 0.818. The lowest BCUT2D eigenvalue weighted by molar-refractivity contribution is 0.0835. The van der Waals surface area contributed by atoms with Gasteiger partial charge in [-0.25, -0.2) is 0 Å². The van der Waals surface area contributed by atoms with E-state index in [0.717, 1.165) is 24.7 Å². The van der Waals surface area contributed by atoms with Gasteiger partial charge in [0.1, 0.15) is 11.6 Å². The number of fused-ring (bicyclic) bond motifs is 1. The number of aryl methyl sites for hydroxylation is 1. The van der Waals surface area contributed by atoms with E-state index < -0.39 is 0 Å². The highest BCUT2D eigenvalue weighted by atomic mass is 15.4. The molecule has 1 aromatic heterocycles. The lowest BCUT2D eigenvalue weighted by Gasteiger charge is -2.40. The predicted octanol–water partition coefficient (Wildman–Crippen LogP) is 1.76. The zero-order valence-electron chi connectivity index (χ0n) is 10.3. The SMILES string of the molecule is Cc1nnc2n1C(C)CN(C(C)(C)C)C2. The van der Waals surface area contributed by atoms with Crippen LogP contribution in [0.4, 0.5) is 0 Å². The molecule has 0 N–H and O–H groups in total. The van der Waals surface area contributed by atoms with Crippen molar-refractivity contribution in [3.8, 4) is 0 Å². The molecular formula is C11H20N4.